The summed E-state index contributed by atoms with van der Waals surface area (Å²) in [6, 6.07) is 4.61. The largest absolute Gasteiger partial charge is 0.466 e. The molecule has 0 aliphatic rings. The molecule has 1 N–H and O–H groups in total. The van der Waals surface area contributed by atoms with Crippen molar-refractivity contribution in [2.75, 3.05) is 11.9 Å². The highest BCUT2D eigenvalue weighted by Gasteiger charge is 2.42. The monoisotopic (exact) mass is 451 g/mol. The van der Waals surface area contributed by atoms with Crippen LogP contribution in [0.5, 0.6) is 0 Å². The van der Waals surface area contributed by atoms with E-state index in [1.165, 1.54) is 6.07 Å². The first-order valence-corrected chi connectivity index (χ1v) is 8.83. The minimum Gasteiger partial charge on any atom is -0.466 e. The third-order valence-corrected chi connectivity index (χ3v) is 4.23. The van der Waals surface area contributed by atoms with Crippen LogP contribution in [0.4, 0.5) is 36.4 Å². The molecule has 0 fully saturated rings. The van der Waals surface area contributed by atoms with Gasteiger partial charge in [-0.3, -0.25) is 9.59 Å². The van der Waals surface area contributed by atoms with E-state index in [1.54, 1.807) is 31.3 Å². The Morgan fingerprint density at radius 1 is 0.968 bits per heavy atom. The summed E-state index contributed by atoms with van der Waals surface area (Å²) in [6.45, 7) is 3.38. The fraction of sp³-hybridized carbons (Fsp3) is 0.300. The number of hydrogen-bond acceptors (Lipinski definition) is 3. The van der Waals surface area contributed by atoms with Crippen molar-refractivity contribution in [3.8, 4) is 0 Å². The molecule has 2 rings (SSSR count). The third-order valence-electron chi connectivity index (χ3n) is 4.23. The number of amides is 1. The van der Waals surface area contributed by atoms with E-state index in [0.29, 0.717) is 16.7 Å². The predicted octanol–water partition coefficient (Wildman–Crippen LogP) is 4.86. The van der Waals surface area contributed by atoms with Gasteiger partial charge in [-0.05, 0) is 30.5 Å². The van der Waals surface area contributed by atoms with Gasteiger partial charge in [-0.1, -0.05) is 18.2 Å². The van der Waals surface area contributed by atoms with E-state index in [4.69, 9.17) is 4.74 Å². The first kappa shape index (κ1) is 24.2. The third kappa shape index (κ3) is 5.53. The number of halogens is 7. The van der Waals surface area contributed by atoms with Gasteiger partial charge in [-0.15, -0.1) is 0 Å². The topological polar surface area (TPSA) is 55.4 Å². The molecule has 0 aromatic heterocycles. The number of alkyl halides is 3. The molecule has 31 heavy (non-hydrogen) atoms. The van der Waals surface area contributed by atoms with E-state index >= 15 is 0 Å². The van der Waals surface area contributed by atoms with E-state index in [9.17, 15) is 40.3 Å². The lowest BCUT2D eigenvalue weighted by molar-refractivity contribution is -0.143. The number of anilines is 1. The van der Waals surface area contributed by atoms with E-state index in [2.05, 4.69) is 0 Å². The van der Waals surface area contributed by atoms with Crippen molar-refractivity contribution >= 4 is 17.6 Å². The quantitative estimate of drug-likeness (QED) is 0.388. The molecule has 2 aromatic rings. The number of aryl methyl sites for hydroxylation is 1. The molecule has 4 nitrogen and oxygen atoms in total. The van der Waals surface area contributed by atoms with Gasteiger partial charge in [0, 0.05) is 0 Å². The Morgan fingerprint density at radius 2 is 1.55 bits per heavy atom. The zero-order valence-electron chi connectivity index (χ0n) is 16.2. The SMILES string of the molecule is CCOC(=O)Cc1ccc(C)c(CC(=O)Nc2c(F)c(F)c(C(F)(F)F)c(F)c2F)c1. The van der Waals surface area contributed by atoms with E-state index in [1.807, 2.05) is 0 Å². The van der Waals surface area contributed by atoms with Crippen LogP contribution in [0.3, 0.4) is 0 Å². The number of carbonyl (C=O) groups is 2. The van der Waals surface area contributed by atoms with Crippen molar-refractivity contribution in [2.24, 2.45) is 0 Å². The molecule has 0 radical (unpaired) electrons. The maximum atomic E-state index is 13.9. The number of benzene rings is 2. The number of hydrogen-bond donors (Lipinski definition) is 1. The van der Waals surface area contributed by atoms with Crippen LogP contribution in [0.2, 0.25) is 0 Å². The summed E-state index contributed by atoms with van der Waals surface area (Å²) in [6.07, 6.45) is -6.33. The molecular formula is C20H16F7NO3. The molecular weight excluding hydrogens is 435 g/mol. The van der Waals surface area contributed by atoms with Crippen molar-refractivity contribution < 1.29 is 45.1 Å². The van der Waals surface area contributed by atoms with Gasteiger partial charge in [0.05, 0.1) is 19.4 Å². The Kier molecular flexibility index (Phi) is 7.29. The van der Waals surface area contributed by atoms with E-state index < -0.39 is 59.0 Å². The zero-order chi connectivity index (χ0) is 23.5. The molecule has 0 heterocycles. The molecule has 0 saturated heterocycles. The average molecular weight is 451 g/mol. The standard InChI is InChI=1S/C20H16F7NO3/c1-3-31-13(30)7-10-5-4-9(2)11(6-10)8-12(29)28-19-17(23)15(21)14(20(25,26)27)16(22)18(19)24/h4-6H,3,7-8H2,1-2H3,(H,28,29). The molecule has 0 atom stereocenters. The Hall–Kier alpha value is -3.11. The van der Waals surface area contributed by atoms with Gasteiger partial charge < -0.3 is 10.1 Å². The minimum absolute atomic E-state index is 0.110. The van der Waals surface area contributed by atoms with Gasteiger partial charge in [-0.2, -0.15) is 13.2 Å². The van der Waals surface area contributed by atoms with Gasteiger partial charge >= 0.3 is 12.1 Å². The van der Waals surface area contributed by atoms with Crippen LogP contribution in [0.1, 0.15) is 29.2 Å². The number of esters is 1. The predicted molar refractivity (Wildman–Crippen MR) is 95.1 cm³/mol. The fourth-order valence-electron chi connectivity index (χ4n) is 2.75. The number of carbonyl (C=O) groups excluding carboxylic acids is 2. The first-order valence-electron chi connectivity index (χ1n) is 8.83. The lowest BCUT2D eigenvalue weighted by Gasteiger charge is -2.15. The zero-order valence-corrected chi connectivity index (χ0v) is 16.2. The molecule has 168 valence electrons. The Morgan fingerprint density at radius 3 is 2.06 bits per heavy atom. The normalized spacial score (nSPS) is 11.4. The Labute approximate surface area is 172 Å². The summed E-state index contributed by atoms with van der Waals surface area (Å²) in [7, 11) is 0. The molecule has 0 bridgehead atoms. The number of ether oxygens (including phenoxy) is 1. The molecule has 1 amide bonds. The van der Waals surface area contributed by atoms with Gasteiger partial charge in [0.25, 0.3) is 0 Å². The summed E-state index contributed by atoms with van der Waals surface area (Å²) >= 11 is 0. The summed E-state index contributed by atoms with van der Waals surface area (Å²) in [5.41, 5.74) is -3.08. The Balaban J connectivity index is 2.29. The first-order chi connectivity index (χ1) is 14.4. The van der Waals surface area contributed by atoms with E-state index in [-0.39, 0.29) is 13.0 Å². The van der Waals surface area contributed by atoms with Crippen molar-refractivity contribution in [2.45, 2.75) is 32.9 Å². The van der Waals surface area contributed by atoms with Crippen LogP contribution < -0.4 is 5.32 Å². The molecule has 0 unspecified atom stereocenters. The lowest BCUT2D eigenvalue weighted by atomic mass is 10.0. The second-order valence-electron chi connectivity index (χ2n) is 6.47. The van der Waals surface area contributed by atoms with Crippen molar-refractivity contribution in [1.82, 2.24) is 0 Å². The molecule has 2 aromatic carbocycles. The van der Waals surface area contributed by atoms with Crippen LogP contribution in [0.15, 0.2) is 18.2 Å². The van der Waals surface area contributed by atoms with Crippen molar-refractivity contribution in [3.63, 3.8) is 0 Å². The maximum Gasteiger partial charge on any atom is 0.422 e. The molecule has 0 spiro atoms. The van der Waals surface area contributed by atoms with Crippen LogP contribution in [-0.2, 0) is 33.3 Å². The maximum absolute atomic E-state index is 13.9. The summed E-state index contributed by atoms with van der Waals surface area (Å²) < 4.78 is 98.0. The summed E-state index contributed by atoms with van der Waals surface area (Å²) in [5.74, 6) is -11.8. The second-order valence-corrected chi connectivity index (χ2v) is 6.47. The van der Waals surface area contributed by atoms with Gasteiger partial charge in [-0.25, -0.2) is 17.6 Å². The number of rotatable bonds is 6. The second kappa shape index (κ2) is 9.36. The fourth-order valence-corrected chi connectivity index (χ4v) is 2.75. The highest BCUT2D eigenvalue weighted by Crippen LogP contribution is 2.38. The highest BCUT2D eigenvalue weighted by atomic mass is 19.4. The smallest absolute Gasteiger partial charge is 0.422 e. The van der Waals surface area contributed by atoms with Crippen LogP contribution >= 0.6 is 0 Å². The Bertz CT molecular complexity index is 990. The van der Waals surface area contributed by atoms with Crippen LogP contribution in [0, 0.1) is 30.2 Å². The number of nitrogens with one attached hydrogen (secondary N) is 1. The van der Waals surface area contributed by atoms with Crippen LogP contribution in [0.25, 0.3) is 0 Å². The molecule has 0 aliphatic carbocycles. The summed E-state index contributed by atoms with van der Waals surface area (Å²) in [5, 5.41) is 1.57. The van der Waals surface area contributed by atoms with Gasteiger partial charge in [0.1, 0.15) is 11.3 Å². The highest BCUT2D eigenvalue weighted by molar-refractivity contribution is 5.92. The van der Waals surface area contributed by atoms with Gasteiger partial charge in [0.2, 0.25) is 5.91 Å². The van der Waals surface area contributed by atoms with Crippen LogP contribution in [-0.4, -0.2) is 18.5 Å². The molecule has 0 aliphatic heterocycles. The van der Waals surface area contributed by atoms with Crippen molar-refractivity contribution in [1.29, 1.82) is 0 Å². The minimum atomic E-state index is -5.69. The summed E-state index contributed by atoms with van der Waals surface area (Å²) in [4.78, 5) is 23.7. The van der Waals surface area contributed by atoms with Crippen molar-refractivity contribution in [3.05, 3.63) is 63.7 Å². The van der Waals surface area contributed by atoms with E-state index in [0.717, 1.165) is 0 Å². The lowest BCUT2D eigenvalue weighted by Crippen LogP contribution is -2.21. The molecule has 11 heteroatoms. The average Bonchev–Trinajstić information content (AvgIpc) is 2.65. The molecule has 0 saturated carbocycles. The van der Waals surface area contributed by atoms with Gasteiger partial charge in [0.15, 0.2) is 23.3 Å².